The summed E-state index contributed by atoms with van der Waals surface area (Å²) in [5.41, 5.74) is 0.773. The molecule has 0 aliphatic heterocycles. The van der Waals surface area contributed by atoms with Crippen LogP contribution in [0.2, 0.25) is 0 Å². The highest BCUT2D eigenvalue weighted by atomic mass is 35.5. The van der Waals surface area contributed by atoms with Crippen molar-refractivity contribution in [2.75, 3.05) is 0 Å². The molecule has 0 unspecified atom stereocenters. The Morgan fingerprint density at radius 3 is 2.50 bits per heavy atom. The lowest BCUT2D eigenvalue weighted by atomic mass is 9.82. The molecule has 2 nitrogen and oxygen atoms in total. The zero-order valence-corrected chi connectivity index (χ0v) is 9.01. The summed E-state index contributed by atoms with van der Waals surface area (Å²) in [4.78, 5) is 11.0. The van der Waals surface area contributed by atoms with Gasteiger partial charge < -0.3 is 5.11 Å². The van der Waals surface area contributed by atoms with Crippen LogP contribution in [0.1, 0.15) is 25.0 Å². The number of aliphatic carboxylic acids is 1. The van der Waals surface area contributed by atoms with Crippen LogP contribution >= 0.6 is 11.6 Å². The van der Waals surface area contributed by atoms with Crippen molar-refractivity contribution >= 4 is 17.6 Å². The summed E-state index contributed by atoms with van der Waals surface area (Å²) in [6.45, 7) is 3.36. The van der Waals surface area contributed by atoms with Crippen LogP contribution in [-0.2, 0) is 16.1 Å². The first kappa shape index (κ1) is 11.1. The topological polar surface area (TPSA) is 37.3 Å². The third-order valence-corrected chi connectivity index (χ3v) is 2.66. The lowest BCUT2D eigenvalue weighted by molar-refractivity contribution is -0.142. The molecule has 3 heteroatoms. The molecule has 14 heavy (non-hydrogen) atoms. The summed E-state index contributed by atoms with van der Waals surface area (Å²) in [5, 5.41) is 9.07. The van der Waals surface area contributed by atoms with Crippen LogP contribution in [-0.4, -0.2) is 11.1 Å². The van der Waals surface area contributed by atoms with Gasteiger partial charge in [0.25, 0.3) is 0 Å². The third-order valence-electron chi connectivity index (χ3n) is 2.37. The molecule has 0 aromatic heterocycles. The van der Waals surface area contributed by atoms with E-state index in [1.165, 1.54) is 0 Å². The zero-order chi connectivity index (χ0) is 10.8. The van der Waals surface area contributed by atoms with E-state index in [1.54, 1.807) is 13.8 Å². The first-order valence-corrected chi connectivity index (χ1v) is 4.91. The van der Waals surface area contributed by atoms with Crippen molar-refractivity contribution in [2.45, 2.75) is 25.1 Å². The van der Waals surface area contributed by atoms with Gasteiger partial charge in [0.15, 0.2) is 0 Å². The number of carboxylic acid groups (broad SMARTS) is 1. The van der Waals surface area contributed by atoms with Gasteiger partial charge in [-0.2, -0.15) is 0 Å². The van der Waals surface area contributed by atoms with Gasteiger partial charge in [0.1, 0.15) is 0 Å². The molecule has 0 atom stereocenters. The van der Waals surface area contributed by atoms with Gasteiger partial charge >= 0.3 is 5.97 Å². The predicted molar refractivity (Wildman–Crippen MR) is 56.7 cm³/mol. The predicted octanol–water partition coefficient (Wildman–Crippen LogP) is 2.79. The largest absolute Gasteiger partial charge is 0.481 e. The second kappa shape index (κ2) is 4.01. The first-order valence-electron chi connectivity index (χ1n) is 4.38. The maximum absolute atomic E-state index is 11.0. The van der Waals surface area contributed by atoms with Gasteiger partial charge in [-0.1, -0.05) is 24.3 Å². The second-order valence-electron chi connectivity index (χ2n) is 3.72. The standard InChI is InChI=1S/C11H13ClO2/c1-11(2,10(13)14)9-6-4-3-5-8(9)7-12/h3-6H,7H2,1-2H3,(H,13,14). The number of carboxylic acids is 1. The Morgan fingerprint density at radius 1 is 1.43 bits per heavy atom. The lowest BCUT2D eigenvalue weighted by Crippen LogP contribution is -2.29. The van der Waals surface area contributed by atoms with Crippen molar-refractivity contribution < 1.29 is 9.90 Å². The van der Waals surface area contributed by atoms with E-state index < -0.39 is 11.4 Å². The minimum Gasteiger partial charge on any atom is -0.481 e. The molecule has 76 valence electrons. The third kappa shape index (κ3) is 1.90. The summed E-state index contributed by atoms with van der Waals surface area (Å²) in [6, 6.07) is 7.36. The monoisotopic (exact) mass is 212 g/mol. The van der Waals surface area contributed by atoms with Crippen LogP contribution < -0.4 is 0 Å². The van der Waals surface area contributed by atoms with Crippen LogP contribution in [0.15, 0.2) is 24.3 Å². The lowest BCUT2D eigenvalue weighted by Gasteiger charge is -2.22. The molecule has 1 aromatic carbocycles. The van der Waals surface area contributed by atoms with Gasteiger partial charge in [0.2, 0.25) is 0 Å². The Bertz CT molecular complexity index is 345. The smallest absolute Gasteiger partial charge is 0.313 e. The van der Waals surface area contributed by atoms with Gasteiger partial charge in [-0.3, -0.25) is 4.79 Å². The van der Waals surface area contributed by atoms with E-state index in [0.717, 1.165) is 11.1 Å². The summed E-state index contributed by atoms with van der Waals surface area (Å²) in [6.07, 6.45) is 0. The number of alkyl halides is 1. The zero-order valence-electron chi connectivity index (χ0n) is 8.25. The number of carbonyl (C=O) groups is 1. The Kier molecular flexibility index (Phi) is 3.17. The summed E-state index contributed by atoms with van der Waals surface area (Å²) in [7, 11) is 0. The average molecular weight is 213 g/mol. The molecule has 1 aromatic rings. The summed E-state index contributed by atoms with van der Waals surface area (Å²) >= 11 is 5.75. The van der Waals surface area contributed by atoms with Gasteiger partial charge in [0.05, 0.1) is 5.41 Å². The van der Waals surface area contributed by atoms with Crippen molar-refractivity contribution in [1.29, 1.82) is 0 Å². The van der Waals surface area contributed by atoms with E-state index in [0.29, 0.717) is 5.88 Å². The SMILES string of the molecule is CC(C)(C(=O)O)c1ccccc1CCl. The molecule has 0 fully saturated rings. The normalized spacial score (nSPS) is 11.4. The molecule has 0 saturated heterocycles. The molecule has 0 amide bonds. The average Bonchev–Trinajstić information content (AvgIpc) is 2.17. The molecule has 0 spiro atoms. The highest BCUT2D eigenvalue weighted by Crippen LogP contribution is 2.27. The van der Waals surface area contributed by atoms with Gasteiger partial charge in [-0.25, -0.2) is 0 Å². The Morgan fingerprint density at radius 2 is 2.00 bits per heavy atom. The van der Waals surface area contributed by atoms with E-state index in [2.05, 4.69) is 0 Å². The Hall–Kier alpha value is -1.02. The first-order chi connectivity index (χ1) is 6.50. The molecule has 0 aliphatic carbocycles. The number of hydrogen-bond donors (Lipinski definition) is 1. The van der Waals surface area contributed by atoms with E-state index >= 15 is 0 Å². The Labute approximate surface area is 88.5 Å². The summed E-state index contributed by atoms with van der Waals surface area (Å²) < 4.78 is 0. The fourth-order valence-electron chi connectivity index (χ4n) is 1.36. The van der Waals surface area contributed by atoms with Gasteiger partial charge in [-0.05, 0) is 25.0 Å². The molecule has 0 bridgehead atoms. The molecular formula is C11H13ClO2. The number of hydrogen-bond acceptors (Lipinski definition) is 1. The van der Waals surface area contributed by atoms with E-state index in [1.807, 2.05) is 24.3 Å². The van der Waals surface area contributed by atoms with Crippen molar-refractivity contribution in [3.05, 3.63) is 35.4 Å². The minimum atomic E-state index is -0.883. The van der Waals surface area contributed by atoms with E-state index in [9.17, 15) is 4.79 Å². The molecule has 1 N–H and O–H groups in total. The van der Waals surface area contributed by atoms with Crippen molar-refractivity contribution in [3.63, 3.8) is 0 Å². The Balaban J connectivity index is 3.24. The van der Waals surface area contributed by atoms with Crippen molar-refractivity contribution in [2.24, 2.45) is 0 Å². The molecule has 0 saturated carbocycles. The van der Waals surface area contributed by atoms with Crippen LogP contribution in [0.5, 0.6) is 0 Å². The molecule has 1 rings (SSSR count). The fraction of sp³-hybridized carbons (Fsp3) is 0.364. The minimum absolute atomic E-state index is 0.340. The fourth-order valence-corrected chi connectivity index (χ4v) is 1.59. The molecule has 0 heterocycles. The van der Waals surface area contributed by atoms with Gasteiger partial charge in [-0.15, -0.1) is 11.6 Å². The van der Waals surface area contributed by atoms with Crippen molar-refractivity contribution in [1.82, 2.24) is 0 Å². The number of halogens is 1. The van der Waals surface area contributed by atoms with Crippen LogP contribution in [0.25, 0.3) is 0 Å². The number of benzene rings is 1. The quantitative estimate of drug-likeness (QED) is 0.783. The van der Waals surface area contributed by atoms with E-state index in [4.69, 9.17) is 16.7 Å². The van der Waals surface area contributed by atoms with E-state index in [-0.39, 0.29) is 0 Å². The molecule has 0 aliphatic rings. The van der Waals surface area contributed by atoms with Crippen LogP contribution in [0.4, 0.5) is 0 Å². The highest BCUT2D eigenvalue weighted by Gasteiger charge is 2.30. The second-order valence-corrected chi connectivity index (χ2v) is 3.99. The van der Waals surface area contributed by atoms with Crippen LogP contribution in [0.3, 0.4) is 0 Å². The maximum Gasteiger partial charge on any atom is 0.313 e. The van der Waals surface area contributed by atoms with Crippen molar-refractivity contribution in [3.8, 4) is 0 Å². The molecular weight excluding hydrogens is 200 g/mol. The van der Waals surface area contributed by atoms with Crippen LogP contribution in [0, 0.1) is 0 Å². The summed E-state index contributed by atoms with van der Waals surface area (Å²) in [5.74, 6) is -0.498. The van der Waals surface area contributed by atoms with Gasteiger partial charge in [0, 0.05) is 5.88 Å². The number of rotatable bonds is 3. The molecule has 0 radical (unpaired) electrons. The highest BCUT2D eigenvalue weighted by molar-refractivity contribution is 6.17. The maximum atomic E-state index is 11.0.